The monoisotopic (exact) mass is 272 g/mol. The Morgan fingerprint density at radius 3 is 2.61 bits per heavy atom. The van der Waals surface area contributed by atoms with Crippen LogP contribution in [0.2, 0.25) is 0 Å². The van der Waals surface area contributed by atoms with Crippen LogP contribution < -0.4 is 0 Å². The molecular formula is C15H19ClF2. The van der Waals surface area contributed by atoms with Crippen molar-refractivity contribution in [2.45, 2.75) is 50.3 Å². The van der Waals surface area contributed by atoms with Gasteiger partial charge in [-0.1, -0.05) is 29.8 Å². The minimum absolute atomic E-state index is 0.00525. The molecule has 0 nitrogen and oxygen atoms in total. The van der Waals surface area contributed by atoms with Crippen molar-refractivity contribution in [3.05, 3.63) is 35.4 Å². The van der Waals surface area contributed by atoms with E-state index in [1.54, 1.807) is 0 Å². The van der Waals surface area contributed by atoms with Crippen molar-refractivity contribution in [2.24, 2.45) is 5.92 Å². The normalized spacial score (nSPS) is 21.8. The Bertz CT molecular complexity index is 393. The quantitative estimate of drug-likeness (QED) is 0.682. The van der Waals surface area contributed by atoms with E-state index in [0.717, 1.165) is 6.42 Å². The van der Waals surface area contributed by atoms with E-state index >= 15 is 0 Å². The summed E-state index contributed by atoms with van der Waals surface area (Å²) in [4.78, 5) is 0. The van der Waals surface area contributed by atoms with E-state index < -0.39 is 5.92 Å². The van der Waals surface area contributed by atoms with Gasteiger partial charge in [0.05, 0.1) is 0 Å². The Morgan fingerprint density at radius 1 is 1.33 bits per heavy atom. The minimum Gasteiger partial charge on any atom is -0.207 e. The SMILES string of the molecule is Cc1cccc(CC(Cl)C2CCC(F)(F)CC2)c1. The van der Waals surface area contributed by atoms with Crippen molar-refractivity contribution < 1.29 is 8.78 Å². The van der Waals surface area contributed by atoms with E-state index in [4.69, 9.17) is 11.6 Å². The van der Waals surface area contributed by atoms with Crippen molar-refractivity contribution >= 4 is 11.6 Å². The Hall–Kier alpha value is -0.630. The van der Waals surface area contributed by atoms with Crippen LogP contribution in [0.4, 0.5) is 8.78 Å². The lowest BCUT2D eigenvalue weighted by Crippen LogP contribution is -2.29. The van der Waals surface area contributed by atoms with E-state index in [2.05, 4.69) is 12.1 Å². The van der Waals surface area contributed by atoms with E-state index in [0.29, 0.717) is 12.8 Å². The maximum Gasteiger partial charge on any atom is 0.248 e. The summed E-state index contributed by atoms with van der Waals surface area (Å²) in [6.45, 7) is 2.05. The summed E-state index contributed by atoms with van der Waals surface area (Å²) in [5.41, 5.74) is 2.42. The molecule has 0 aromatic heterocycles. The fourth-order valence-electron chi connectivity index (χ4n) is 2.66. The highest BCUT2D eigenvalue weighted by Crippen LogP contribution is 2.39. The van der Waals surface area contributed by atoms with Gasteiger partial charge >= 0.3 is 0 Å². The van der Waals surface area contributed by atoms with Gasteiger partial charge in [0.1, 0.15) is 0 Å². The lowest BCUT2D eigenvalue weighted by Gasteiger charge is -2.31. The highest BCUT2D eigenvalue weighted by molar-refractivity contribution is 6.20. The maximum absolute atomic E-state index is 13.1. The van der Waals surface area contributed by atoms with Gasteiger partial charge in [-0.15, -0.1) is 11.6 Å². The molecule has 0 radical (unpaired) electrons. The summed E-state index contributed by atoms with van der Waals surface area (Å²) in [6, 6.07) is 8.24. The smallest absolute Gasteiger partial charge is 0.207 e. The zero-order chi connectivity index (χ0) is 13.2. The first-order valence-electron chi connectivity index (χ1n) is 6.54. The molecule has 2 rings (SSSR count). The van der Waals surface area contributed by atoms with E-state index in [1.807, 2.05) is 19.1 Å². The van der Waals surface area contributed by atoms with E-state index in [-0.39, 0.29) is 24.1 Å². The Labute approximate surface area is 112 Å². The number of halogens is 3. The van der Waals surface area contributed by atoms with Crippen LogP contribution in [0.1, 0.15) is 36.8 Å². The first-order valence-corrected chi connectivity index (χ1v) is 6.97. The van der Waals surface area contributed by atoms with Crippen LogP contribution in [-0.2, 0) is 6.42 Å². The first-order chi connectivity index (χ1) is 8.46. The topological polar surface area (TPSA) is 0 Å². The third kappa shape index (κ3) is 3.68. The zero-order valence-electron chi connectivity index (χ0n) is 10.6. The molecule has 0 aliphatic heterocycles. The molecule has 1 saturated carbocycles. The zero-order valence-corrected chi connectivity index (χ0v) is 11.4. The molecule has 1 aromatic rings. The lowest BCUT2D eigenvalue weighted by atomic mass is 9.83. The van der Waals surface area contributed by atoms with Crippen LogP contribution in [0.25, 0.3) is 0 Å². The third-order valence-electron chi connectivity index (χ3n) is 3.79. The Kier molecular flexibility index (Phi) is 4.26. The number of aryl methyl sites for hydroxylation is 1. The van der Waals surface area contributed by atoms with Crippen molar-refractivity contribution in [1.82, 2.24) is 0 Å². The Morgan fingerprint density at radius 2 is 2.00 bits per heavy atom. The standard InChI is InChI=1S/C15H19ClF2/c1-11-3-2-4-12(9-11)10-14(16)13-5-7-15(17,18)8-6-13/h2-4,9,13-14H,5-8,10H2,1H3. The van der Waals surface area contributed by atoms with Crippen LogP contribution in [0.15, 0.2) is 24.3 Å². The molecule has 0 bridgehead atoms. The molecule has 1 aliphatic rings. The number of hydrogen-bond acceptors (Lipinski definition) is 0. The molecule has 0 heterocycles. The van der Waals surface area contributed by atoms with Crippen LogP contribution in [0.3, 0.4) is 0 Å². The second-order valence-electron chi connectivity index (χ2n) is 5.40. The highest BCUT2D eigenvalue weighted by Gasteiger charge is 2.37. The molecule has 0 saturated heterocycles. The van der Waals surface area contributed by atoms with Gasteiger partial charge in [0.2, 0.25) is 5.92 Å². The average Bonchev–Trinajstić information content (AvgIpc) is 2.28. The third-order valence-corrected chi connectivity index (χ3v) is 4.30. The largest absolute Gasteiger partial charge is 0.248 e. The van der Waals surface area contributed by atoms with Gasteiger partial charge in [-0.2, -0.15) is 0 Å². The van der Waals surface area contributed by atoms with E-state index in [9.17, 15) is 8.78 Å². The molecule has 0 spiro atoms. The molecule has 1 aliphatic carbocycles. The molecule has 0 amide bonds. The summed E-state index contributed by atoms with van der Waals surface area (Å²) in [5.74, 6) is -2.23. The van der Waals surface area contributed by atoms with Crippen molar-refractivity contribution in [1.29, 1.82) is 0 Å². The summed E-state index contributed by atoms with van der Waals surface area (Å²) < 4.78 is 26.2. The van der Waals surface area contributed by atoms with Crippen molar-refractivity contribution in [2.75, 3.05) is 0 Å². The maximum atomic E-state index is 13.1. The molecule has 1 atom stereocenters. The number of benzene rings is 1. The molecule has 1 aromatic carbocycles. The lowest BCUT2D eigenvalue weighted by molar-refractivity contribution is -0.0459. The fourth-order valence-corrected chi connectivity index (χ4v) is 3.09. The van der Waals surface area contributed by atoms with Gasteiger partial charge in [-0.05, 0) is 37.7 Å². The van der Waals surface area contributed by atoms with Crippen LogP contribution in [0.5, 0.6) is 0 Å². The highest BCUT2D eigenvalue weighted by atomic mass is 35.5. The molecular weight excluding hydrogens is 254 g/mol. The molecule has 3 heteroatoms. The summed E-state index contributed by atoms with van der Waals surface area (Å²) in [7, 11) is 0. The second kappa shape index (κ2) is 5.56. The summed E-state index contributed by atoms with van der Waals surface area (Å²) in [5, 5.41) is -0.0251. The van der Waals surface area contributed by atoms with Gasteiger partial charge in [0.15, 0.2) is 0 Å². The van der Waals surface area contributed by atoms with E-state index in [1.165, 1.54) is 11.1 Å². The van der Waals surface area contributed by atoms with Crippen molar-refractivity contribution in [3.8, 4) is 0 Å². The molecule has 100 valence electrons. The molecule has 1 fully saturated rings. The summed E-state index contributed by atoms with van der Waals surface area (Å²) in [6.07, 6.45) is 1.86. The predicted molar refractivity (Wildman–Crippen MR) is 71.4 cm³/mol. The first kappa shape index (κ1) is 13.8. The summed E-state index contributed by atoms with van der Waals surface area (Å²) >= 11 is 6.39. The predicted octanol–water partition coefficient (Wildman–Crippen LogP) is 4.97. The van der Waals surface area contributed by atoms with Crippen LogP contribution in [0, 0.1) is 12.8 Å². The van der Waals surface area contributed by atoms with Crippen LogP contribution in [-0.4, -0.2) is 11.3 Å². The minimum atomic E-state index is -2.46. The molecule has 0 N–H and O–H groups in total. The van der Waals surface area contributed by atoms with Crippen LogP contribution >= 0.6 is 11.6 Å². The Balaban J connectivity index is 1.91. The number of rotatable bonds is 3. The van der Waals surface area contributed by atoms with Gasteiger partial charge in [0, 0.05) is 18.2 Å². The second-order valence-corrected chi connectivity index (χ2v) is 5.96. The van der Waals surface area contributed by atoms with Gasteiger partial charge in [0.25, 0.3) is 0 Å². The van der Waals surface area contributed by atoms with Gasteiger partial charge in [-0.3, -0.25) is 0 Å². The fraction of sp³-hybridized carbons (Fsp3) is 0.600. The van der Waals surface area contributed by atoms with Crippen molar-refractivity contribution in [3.63, 3.8) is 0 Å². The molecule has 1 unspecified atom stereocenters. The number of alkyl halides is 3. The number of hydrogen-bond donors (Lipinski definition) is 0. The average molecular weight is 273 g/mol. The van der Waals surface area contributed by atoms with Gasteiger partial charge in [-0.25, -0.2) is 8.78 Å². The molecule has 18 heavy (non-hydrogen) atoms. The van der Waals surface area contributed by atoms with Gasteiger partial charge < -0.3 is 0 Å².